The lowest BCUT2D eigenvalue weighted by Crippen LogP contribution is -2.48. The minimum atomic E-state index is -0.656. The van der Waals surface area contributed by atoms with Crippen molar-refractivity contribution in [3.05, 3.63) is 79.7 Å². The second kappa shape index (κ2) is 5.58. The summed E-state index contributed by atoms with van der Waals surface area (Å²) < 4.78 is 0. The molecule has 3 aromatic carbocycles. The molecule has 3 rings (SSSR count). The molecule has 0 fully saturated rings. The molecule has 118 valence electrons. The summed E-state index contributed by atoms with van der Waals surface area (Å²) in [7, 11) is 0. The number of nitrogen functional groups attached to an aromatic ring is 2. The number of anilines is 2. The molecule has 24 heavy (non-hydrogen) atoms. The molecule has 6 nitrogen and oxygen atoms in total. The molecule has 0 saturated heterocycles. The Kier molecular flexibility index (Phi) is 3.57. The predicted octanol–water partition coefficient (Wildman–Crippen LogP) is 0.740. The Morgan fingerprint density at radius 2 is 0.875 bits per heavy atom. The largest absolute Gasteiger partial charge is 0.399 e. The van der Waals surface area contributed by atoms with Crippen molar-refractivity contribution in [2.24, 2.45) is 0 Å². The lowest BCUT2D eigenvalue weighted by molar-refractivity contribution is 1.09. The molecule has 3 aromatic rings. The first-order valence-electron chi connectivity index (χ1n) is 7.13. The lowest BCUT2D eigenvalue weighted by atomic mass is 9.93. The zero-order valence-corrected chi connectivity index (χ0v) is 12.6. The Hall–Kier alpha value is -3.54. The van der Waals surface area contributed by atoms with Crippen LogP contribution in [-0.2, 0) is 0 Å². The first-order valence-corrected chi connectivity index (χ1v) is 7.13. The minimum Gasteiger partial charge on any atom is -0.399 e. The first kappa shape index (κ1) is 15.4. The Morgan fingerprint density at radius 1 is 0.583 bits per heavy atom. The lowest BCUT2D eigenvalue weighted by Gasteiger charge is -2.09. The van der Waals surface area contributed by atoms with Gasteiger partial charge in [0.25, 0.3) is 0 Å². The van der Waals surface area contributed by atoms with Gasteiger partial charge in [-0.05, 0) is 35.4 Å². The molecule has 0 aliphatic heterocycles. The van der Waals surface area contributed by atoms with E-state index in [0.29, 0.717) is 22.5 Å². The van der Waals surface area contributed by atoms with Gasteiger partial charge >= 0.3 is 0 Å². The molecule has 0 unspecified atom stereocenters. The van der Waals surface area contributed by atoms with Gasteiger partial charge in [-0.1, -0.05) is 24.3 Å². The van der Waals surface area contributed by atoms with Gasteiger partial charge in [0.2, 0.25) is 10.9 Å². The van der Waals surface area contributed by atoms with E-state index in [2.05, 4.69) is 0 Å². The number of rotatable bonds is 2. The highest BCUT2D eigenvalue weighted by Gasteiger charge is 2.18. The van der Waals surface area contributed by atoms with E-state index in [9.17, 15) is 9.59 Å². The van der Waals surface area contributed by atoms with Crippen LogP contribution < -0.4 is 33.0 Å². The molecule has 0 spiro atoms. The maximum absolute atomic E-state index is 12.6. The molecule has 0 atom stereocenters. The topological polar surface area (TPSA) is 134 Å². The van der Waals surface area contributed by atoms with Crippen LogP contribution in [0, 0.1) is 10.8 Å². The van der Waals surface area contributed by atoms with E-state index >= 15 is 0 Å². The van der Waals surface area contributed by atoms with Crippen molar-refractivity contribution >= 4 is 11.4 Å². The number of hydrogen-bond donors (Lipinski definition) is 4. The van der Waals surface area contributed by atoms with Gasteiger partial charge < -0.3 is 11.5 Å². The molecule has 6 heteroatoms. The van der Waals surface area contributed by atoms with Crippen molar-refractivity contribution in [2.75, 3.05) is 11.5 Å². The van der Waals surface area contributed by atoms with Crippen molar-refractivity contribution in [1.29, 1.82) is 10.8 Å². The summed E-state index contributed by atoms with van der Waals surface area (Å²) in [5.41, 5.74) is 12.2. The smallest absolute Gasteiger partial charge is 0.214 e. The van der Waals surface area contributed by atoms with E-state index < -0.39 is 21.6 Å². The average molecular weight is 318 g/mol. The highest BCUT2D eigenvalue weighted by molar-refractivity contribution is 5.83. The predicted molar refractivity (Wildman–Crippen MR) is 92.8 cm³/mol. The van der Waals surface area contributed by atoms with Crippen LogP contribution in [0.1, 0.15) is 0 Å². The highest BCUT2D eigenvalue weighted by Crippen LogP contribution is 2.26. The van der Waals surface area contributed by atoms with Crippen molar-refractivity contribution in [3.8, 4) is 22.3 Å². The third-order valence-corrected chi connectivity index (χ3v) is 3.81. The van der Waals surface area contributed by atoms with E-state index in [1.54, 1.807) is 48.5 Å². The van der Waals surface area contributed by atoms with Crippen LogP contribution in [0.15, 0.2) is 58.1 Å². The third kappa shape index (κ3) is 2.40. The van der Waals surface area contributed by atoms with E-state index in [4.69, 9.17) is 22.3 Å². The Labute approximate surface area is 136 Å². The molecule has 0 bridgehead atoms. The van der Waals surface area contributed by atoms with E-state index in [1.807, 2.05) is 0 Å². The van der Waals surface area contributed by atoms with Gasteiger partial charge in [0, 0.05) is 22.5 Å². The fourth-order valence-electron chi connectivity index (χ4n) is 2.55. The fraction of sp³-hybridized carbons (Fsp3) is 0. The second-order valence-corrected chi connectivity index (χ2v) is 5.40. The van der Waals surface area contributed by atoms with Crippen molar-refractivity contribution < 1.29 is 0 Å². The average Bonchev–Trinajstić information content (AvgIpc) is 2.58. The maximum Gasteiger partial charge on any atom is 0.214 e. The SMILES string of the molecule is N=c1c(=O)c(-c2ccc(N)cc2)c(-c2ccc(N)cc2)c(=O)c1=N. The molecule has 0 amide bonds. The quantitative estimate of drug-likeness (QED) is 0.518. The molecule has 0 aliphatic rings. The molecule has 6 N–H and O–H groups in total. The number of benzene rings is 3. The van der Waals surface area contributed by atoms with Crippen LogP contribution >= 0.6 is 0 Å². The molecule has 0 aromatic heterocycles. The van der Waals surface area contributed by atoms with Crippen LogP contribution in [0.5, 0.6) is 0 Å². The normalized spacial score (nSPS) is 10.7. The molecule has 0 radical (unpaired) electrons. The van der Waals surface area contributed by atoms with Crippen molar-refractivity contribution in [1.82, 2.24) is 0 Å². The Balaban J connectivity index is 2.47. The number of nitrogens with two attached hydrogens (primary N) is 2. The van der Waals surface area contributed by atoms with Crippen LogP contribution in [0.4, 0.5) is 11.4 Å². The fourth-order valence-corrected chi connectivity index (χ4v) is 2.55. The minimum absolute atomic E-state index is 0.103. The monoisotopic (exact) mass is 318 g/mol. The summed E-state index contributed by atoms with van der Waals surface area (Å²) >= 11 is 0. The summed E-state index contributed by atoms with van der Waals surface area (Å²) in [4.78, 5) is 25.2. The van der Waals surface area contributed by atoms with Gasteiger partial charge in [-0.15, -0.1) is 0 Å². The van der Waals surface area contributed by atoms with Gasteiger partial charge in [-0.3, -0.25) is 20.4 Å². The van der Waals surface area contributed by atoms with Crippen molar-refractivity contribution in [3.63, 3.8) is 0 Å². The highest BCUT2D eigenvalue weighted by atomic mass is 16.1. The molecule has 0 heterocycles. The molecule has 0 aliphatic carbocycles. The summed E-state index contributed by atoms with van der Waals surface area (Å²) in [6, 6.07) is 12.9. The zero-order chi connectivity index (χ0) is 17.4. The van der Waals surface area contributed by atoms with E-state index in [-0.39, 0.29) is 11.1 Å². The van der Waals surface area contributed by atoms with E-state index in [0.717, 1.165) is 0 Å². The summed E-state index contributed by atoms with van der Waals surface area (Å²) in [5.74, 6) is 0. The Bertz CT molecular complexity index is 1030. The summed E-state index contributed by atoms with van der Waals surface area (Å²) in [5, 5.41) is 14.3. The number of hydrogen-bond acceptors (Lipinski definition) is 6. The van der Waals surface area contributed by atoms with Crippen LogP contribution in [0.25, 0.3) is 22.3 Å². The molecular weight excluding hydrogens is 304 g/mol. The van der Waals surface area contributed by atoms with Crippen LogP contribution in [0.3, 0.4) is 0 Å². The first-order chi connectivity index (χ1) is 11.4. The van der Waals surface area contributed by atoms with Crippen molar-refractivity contribution in [2.45, 2.75) is 0 Å². The van der Waals surface area contributed by atoms with E-state index in [1.165, 1.54) is 0 Å². The maximum atomic E-state index is 12.6. The zero-order valence-electron chi connectivity index (χ0n) is 12.6. The van der Waals surface area contributed by atoms with Crippen LogP contribution in [-0.4, -0.2) is 0 Å². The number of nitrogens with one attached hydrogen (secondary N) is 2. The van der Waals surface area contributed by atoms with Gasteiger partial charge in [-0.25, -0.2) is 0 Å². The summed E-state index contributed by atoms with van der Waals surface area (Å²) in [6.45, 7) is 0. The van der Waals surface area contributed by atoms with Gasteiger partial charge in [-0.2, -0.15) is 0 Å². The van der Waals surface area contributed by atoms with Crippen LogP contribution in [0.2, 0.25) is 0 Å². The van der Waals surface area contributed by atoms with Gasteiger partial charge in [0.15, 0.2) is 0 Å². The third-order valence-electron chi connectivity index (χ3n) is 3.81. The molecular formula is C18H14N4O2. The Morgan fingerprint density at radius 3 is 1.17 bits per heavy atom. The summed E-state index contributed by atoms with van der Waals surface area (Å²) in [6.07, 6.45) is 0. The molecule has 0 saturated carbocycles. The van der Waals surface area contributed by atoms with Gasteiger partial charge in [0.05, 0.1) is 0 Å². The van der Waals surface area contributed by atoms with Gasteiger partial charge in [0.1, 0.15) is 10.7 Å². The standard InChI is InChI=1S/C18H14N4O2/c19-11-5-1-9(2-6-11)13-14(10-3-7-12(20)8-4-10)18(24)16(22)15(21)17(13)23/h1-8,21-22H,19-20H2. The second-order valence-electron chi connectivity index (χ2n) is 5.40.